The molecule has 1 aliphatic heterocycles. The second-order valence-electron chi connectivity index (χ2n) is 5.07. The molecular formula is C14H20N2O2S2. The number of nitrogens with zero attached hydrogens (tertiary/aromatic N) is 1. The van der Waals surface area contributed by atoms with Gasteiger partial charge in [0.05, 0.1) is 5.56 Å². The van der Waals surface area contributed by atoms with Gasteiger partial charge in [-0.2, -0.15) is 23.5 Å². The van der Waals surface area contributed by atoms with Gasteiger partial charge in [0, 0.05) is 34.7 Å². The van der Waals surface area contributed by atoms with Crippen LogP contribution >= 0.6 is 23.5 Å². The fourth-order valence-electron chi connectivity index (χ4n) is 1.93. The Hall–Kier alpha value is -0.880. The van der Waals surface area contributed by atoms with Gasteiger partial charge in [0.15, 0.2) is 0 Å². The van der Waals surface area contributed by atoms with Crippen molar-refractivity contribution in [3.63, 3.8) is 0 Å². The van der Waals surface area contributed by atoms with Crippen LogP contribution in [0.1, 0.15) is 35.8 Å². The van der Waals surface area contributed by atoms with E-state index in [2.05, 4.69) is 10.3 Å². The first kappa shape index (κ1) is 15.5. The summed E-state index contributed by atoms with van der Waals surface area (Å²) in [6.45, 7) is 4.88. The molecule has 2 N–H and O–H groups in total. The summed E-state index contributed by atoms with van der Waals surface area (Å²) in [6, 6.07) is 3.28. The van der Waals surface area contributed by atoms with E-state index in [0.717, 1.165) is 18.0 Å². The molecule has 20 heavy (non-hydrogen) atoms. The lowest BCUT2D eigenvalue weighted by molar-refractivity contribution is 0.0696. The number of carbonyl (C=O) groups is 1. The molecule has 1 aromatic heterocycles. The van der Waals surface area contributed by atoms with E-state index in [0.29, 0.717) is 16.6 Å². The van der Waals surface area contributed by atoms with E-state index in [1.165, 1.54) is 11.5 Å². The van der Waals surface area contributed by atoms with Gasteiger partial charge in [0.2, 0.25) is 0 Å². The van der Waals surface area contributed by atoms with Crippen LogP contribution in [0.4, 0.5) is 5.82 Å². The highest BCUT2D eigenvalue weighted by Crippen LogP contribution is 2.24. The Balaban J connectivity index is 2.07. The molecule has 2 rings (SSSR count). The average molecular weight is 312 g/mol. The standard InChI is InChI=1S/C14H20N2O2S2/c1-9(2)12-5-10(14(17)18)6-13(16-12)15-7-11-8-19-3-4-20-11/h5-6,9,11H,3-4,7-8H2,1-2H3,(H,15,16)(H,17,18). The molecule has 0 saturated carbocycles. The van der Waals surface area contributed by atoms with Crippen LogP contribution in [0.15, 0.2) is 12.1 Å². The molecule has 1 fully saturated rings. The topological polar surface area (TPSA) is 62.2 Å². The first-order valence-corrected chi connectivity index (χ1v) is 8.95. The Labute approximate surface area is 128 Å². The summed E-state index contributed by atoms with van der Waals surface area (Å²) in [5.41, 5.74) is 1.12. The molecule has 1 saturated heterocycles. The molecule has 1 aliphatic rings. The van der Waals surface area contributed by atoms with Gasteiger partial charge in [0.25, 0.3) is 0 Å². The average Bonchev–Trinajstić information content (AvgIpc) is 2.45. The summed E-state index contributed by atoms with van der Waals surface area (Å²) in [5.74, 6) is 3.55. The maximum Gasteiger partial charge on any atom is 0.335 e. The maximum absolute atomic E-state index is 11.2. The van der Waals surface area contributed by atoms with Crippen molar-refractivity contribution in [2.75, 3.05) is 29.1 Å². The fraction of sp³-hybridized carbons (Fsp3) is 0.571. The summed E-state index contributed by atoms with van der Waals surface area (Å²) in [4.78, 5) is 15.7. The van der Waals surface area contributed by atoms with Gasteiger partial charge < -0.3 is 10.4 Å². The second kappa shape index (κ2) is 7.22. The molecule has 6 heteroatoms. The molecule has 0 amide bonds. The zero-order valence-corrected chi connectivity index (χ0v) is 13.4. The molecule has 1 unspecified atom stereocenters. The number of thioether (sulfide) groups is 2. The number of hydrogen-bond donors (Lipinski definition) is 2. The third-order valence-electron chi connectivity index (χ3n) is 3.08. The van der Waals surface area contributed by atoms with Crippen molar-refractivity contribution in [3.8, 4) is 0 Å². The normalized spacial score (nSPS) is 19.1. The summed E-state index contributed by atoms with van der Waals surface area (Å²) in [5, 5.41) is 13.0. The molecule has 110 valence electrons. The third-order valence-corrected chi connectivity index (χ3v) is 5.92. The molecular weight excluding hydrogens is 292 g/mol. The van der Waals surface area contributed by atoms with Gasteiger partial charge >= 0.3 is 5.97 Å². The lowest BCUT2D eigenvalue weighted by atomic mass is 10.1. The van der Waals surface area contributed by atoms with E-state index in [4.69, 9.17) is 5.11 Å². The lowest BCUT2D eigenvalue weighted by Crippen LogP contribution is -2.23. The Kier molecular flexibility index (Phi) is 5.60. The number of pyridine rings is 1. The number of rotatable bonds is 5. The highest BCUT2D eigenvalue weighted by atomic mass is 32.2. The van der Waals surface area contributed by atoms with Crippen LogP contribution in [0.25, 0.3) is 0 Å². The van der Waals surface area contributed by atoms with Crippen molar-refractivity contribution in [3.05, 3.63) is 23.4 Å². The van der Waals surface area contributed by atoms with E-state index in [9.17, 15) is 4.79 Å². The Morgan fingerprint density at radius 2 is 2.30 bits per heavy atom. The predicted octanol–water partition coefficient (Wildman–Crippen LogP) is 3.16. The van der Waals surface area contributed by atoms with Crippen molar-refractivity contribution in [2.45, 2.75) is 25.0 Å². The van der Waals surface area contributed by atoms with Crippen LogP contribution in [-0.2, 0) is 0 Å². The van der Waals surface area contributed by atoms with E-state index < -0.39 is 5.97 Å². The highest BCUT2D eigenvalue weighted by Gasteiger charge is 2.15. The van der Waals surface area contributed by atoms with Gasteiger partial charge in [0.1, 0.15) is 5.82 Å². The van der Waals surface area contributed by atoms with Crippen molar-refractivity contribution >= 4 is 35.3 Å². The van der Waals surface area contributed by atoms with Crippen molar-refractivity contribution < 1.29 is 9.90 Å². The zero-order valence-electron chi connectivity index (χ0n) is 11.8. The zero-order chi connectivity index (χ0) is 14.5. The molecule has 0 aliphatic carbocycles. The minimum Gasteiger partial charge on any atom is -0.478 e. The van der Waals surface area contributed by atoms with E-state index in [1.54, 1.807) is 12.1 Å². The molecule has 0 aromatic carbocycles. The van der Waals surface area contributed by atoms with Crippen LogP contribution in [0.5, 0.6) is 0 Å². The number of anilines is 1. The van der Waals surface area contributed by atoms with Gasteiger partial charge in [-0.3, -0.25) is 0 Å². The van der Waals surface area contributed by atoms with Crippen LogP contribution in [-0.4, -0.2) is 45.1 Å². The first-order valence-electron chi connectivity index (χ1n) is 6.74. The van der Waals surface area contributed by atoms with Gasteiger partial charge in [-0.25, -0.2) is 9.78 Å². The largest absolute Gasteiger partial charge is 0.478 e. The quantitative estimate of drug-likeness (QED) is 0.871. The van der Waals surface area contributed by atoms with Crippen molar-refractivity contribution in [1.82, 2.24) is 4.98 Å². The van der Waals surface area contributed by atoms with Crippen LogP contribution in [0.3, 0.4) is 0 Å². The van der Waals surface area contributed by atoms with Crippen molar-refractivity contribution in [2.24, 2.45) is 0 Å². The maximum atomic E-state index is 11.2. The summed E-state index contributed by atoms with van der Waals surface area (Å²) >= 11 is 3.95. The number of aromatic nitrogens is 1. The Bertz CT molecular complexity index is 474. The molecule has 1 atom stereocenters. The minimum absolute atomic E-state index is 0.217. The van der Waals surface area contributed by atoms with E-state index >= 15 is 0 Å². The summed E-state index contributed by atoms with van der Waals surface area (Å²) in [7, 11) is 0. The van der Waals surface area contributed by atoms with E-state index in [-0.39, 0.29) is 5.92 Å². The van der Waals surface area contributed by atoms with Gasteiger partial charge in [-0.15, -0.1) is 0 Å². The Morgan fingerprint density at radius 1 is 1.50 bits per heavy atom. The Morgan fingerprint density at radius 3 is 2.90 bits per heavy atom. The molecule has 0 radical (unpaired) electrons. The number of nitrogens with one attached hydrogen (secondary N) is 1. The van der Waals surface area contributed by atoms with Crippen molar-refractivity contribution in [1.29, 1.82) is 0 Å². The third kappa shape index (κ3) is 4.31. The monoisotopic (exact) mass is 312 g/mol. The minimum atomic E-state index is -0.903. The highest BCUT2D eigenvalue weighted by molar-refractivity contribution is 8.06. The summed E-state index contributed by atoms with van der Waals surface area (Å²) < 4.78 is 0. The molecule has 0 bridgehead atoms. The van der Waals surface area contributed by atoms with Gasteiger partial charge in [-0.1, -0.05) is 13.8 Å². The second-order valence-corrected chi connectivity index (χ2v) is 7.63. The molecule has 0 spiro atoms. The summed E-state index contributed by atoms with van der Waals surface area (Å²) in [6.07, 6.45) is 0. The van der Waals surface area contributed by atoms with Gasteiger partial charge in [-0.05, 0) is 18.1 Å². The van der Waals surface area contributed by atoms with E-state index in [1.807, 2.05) is 37.4 Å². The molecule has 4 nitrogen and oxygen atoms in total. The lowest BCUT2D eigenvalue weighted by Gasteiger charge is -2.21. The van der Waals surface area contributed by atoms with Crippen LogP contribution < -0.4 is 5.32 Å². The smallest absolute Gasteiger partial charge is 0.335 e. The number of hydrogen-bond acceptors (Lipinski definition) is 5. The van der Waals surface area contributed by atoms with Crippen LogP contribution in [0.2, 0.25) is 0 Å². The SMILES string of the molecule is CC(C)c1cc(C(=O)O)cc(NCC2CSCCS2)n1. The molecule has 2 heterocycles. The fourth-order valence-corrected chi connectivity index (χ4v) is 4.55. The predicted molar refractivity (Wildman–Crippen MR) is 87.3 cm³/mol. The number of carboxylic acids is 1. The number of carboxylic acid groups (broad SMARTS) is 1. The number of aromatic carboxylic acids is 1. The van der Waals surface area contributed by atoms with Crippen LogP contribution in [0, 0.1) is 0 Å². The first-order chi connectivity index (χ1) is 9.56. The molecule has 1 aromatic rings.